The monoisotopic (exact) mass is 306 g/mol. The van der Waals surface area contributed by atoms with Crippen molar-refractivity contribution >= 4 is 11.8 Å². The Hall–Kier alpha value is -2.24. The summed E-state index contributed by atoms with van der Waals surface area (Å²) >= 11 is 0. The second-order valence-electron chi connectivity index (χ2n) is 5.48. The third kappa shape index (κ3) is 3.16. The Kier molecular flexibility index (Phi) is 4.90. The van der Waals surface area contributed by atoms with Crippen LogP contribution in [0.5, 0.6) is 11.5 Å². The Bertz CT molecular complexity index is 571. The maximum atomic E-state index is 12.5. The van der Waals surface area contributed by atoms with E-state index in [0.717, 1.165) is 0 Å². The van der Waals surface area contributed by atoms with Crippen LogP contribution >= 0.6 is 0 Å². The van der Waals surface area contributed by atoms with Crippen LogP contribution in [-0.2, 0) is 4.79 Å². The fraction of sp³-hybridized carbons (Fsp3) is 0.500. The molecular formula is C16H22N2O4. The lowest BCUT2D eigenvalue weighted by Crippen LogP contribution is -2.54. The fourth-order valence-electron chi connectivity index (χ4n) is 2.56. The molecule has 6 nitrogen and oxygen atoms in total. The Morgan fingerprint density at radius 1 is 1.14 bits per heavy atom. The maximum Gasteiger partial charge on any atom is 0.254 e. The minimum Gasteiger partial charge on any atom is -0.493 e. The Morgan fingerprint density at radius 3 is 2.36 bits per heavy atom. The number of carbonyl (C=O) groups is 2. The predicted octanol–water partition coefficient (Wildman–Crippen LogP) is 1.40. The van der Waals surface area contributed by atoms with Crippen LogP contribution in [0.15, 0.2) is 18.2 Å². The van der Waals surface area contributed by atoms with Gasteiger partial charge in [0.05, 0.1) is 14.2 Å². The Morgan fingerprint density at radius 2 is 1.82 bits per heavy atom. The summed E-state index contributed by atoms with van der Waals surface area (Å²) in [6, 6.07) is 5.17. The zero-order valence-electron chi connectivity index (χ0n) is 13.5. The second-order valence-corrected chi connectivity index (χ2v) is 5.48. The molecule has 1 aliphatic rings. The number of hydrogen-bond acceptors (Lipinski definition) is 4. The first-order chi connectivity index (χ1) is 10.5. The predicted molar refractivity (Wildman–Crippen MR) is 82.3 cm³/mol. The third-order valence-electron chi connectivity index (χ3n) is 3.80. The van der Waals surface area contributed by atoms with Crippen molar-refractivity contribution in [3.8, 4) is 11.5 Å². The zero-order valence-corrected chi connectivity index (χ0v) is 13.5. The van der Waals surface area contributed by atoms with Gasteiger partial charge in [-0.1, -0.05) is 0 Å². The lowest BCUT2D eigenvalue weighted by atomic mass is 10.1. The normalized spacial score (nSPS) is 15.2. The average molecular weight is 306 g/mol. The van der Waals surface area contributed by atoms with Gasteiger partial charge >= 0.3 is 0 Å². The number of benzene rings is 1. The van der Waals surface area contributed by atoms with E-state index in [1.54, 1.807) is 35.1 Å². The summed E-state index contributed by atoms with van der Waals surface area (Å²) in [5, 5.41) is 0. The highest BCUT2D eigenvalue weighted by Crippen LogP contribution is 2.28. The number of ether oxygens (including phenoxy) is 2. The summed E-state index contributed by atoms with van der Waals surface area (Å²) < 4.78 is 10.4. The van der Waals surface area contributed by atoms with Crippen LogP contribution < -0.4 is 9.47 Å². The second kappa shape index (κ2) is 6.68. The van der Waals surface area contributed by atoms with Crippen molar-refractivity contribution in [3.63, 3.8) is 0 Å². The molecule has 1 aromatic carbocycles. The topological polar surface area (TPSA) is 59.1 Å². The molecule has 2 amide bonds. The van der Waals surface area contributed by atoms with Crippen LogP contribution in [0.1, 0.15) is 24.2 Å². The van der Waals surface area contributed by atoms with E-state index in [4.69, 9.17) is 9.47 Å². The van der Waals surface area contributed by atoms with Crippen LogP contribution in [0.4, 0.5) is 0 Å². The smallest absolute Gasteiger partial charge is 0.254 e. The molecule has 22 heavy (non-hydrogen) atoms. The van der Waals surface area contributed by atoms with Gasteiger partial charge in [-0.3, -0.25) is 9.59 Å². The summed E-state index contributed by atoms with van der Waals surface area (Å²) in [5.74, 6) is 0.882. The zero-order chi connectivity index (χ0) is 16.3. The SMILES string of the molecule is COc1ccc(C(=O)N2CCN(C(C)C)C(=O)C2)cc1OC. The number of rotatable bonds is 4. The molecule has 1 saturated heterocycles. The van der Waals surface area contributed by atoms with Crippen LogP contribution in [0.2, 0.25) is 0 Å². The molecule has 0 spiro atoms. The standard InChI is InChI=1S/C16H22N2O4/c1-11(2)18-8-7-17(10-15(18)19)16(20)12-5-6-13(21-3)14(9-12)22-4/h5-6,9,11H,7-8,10H2,1-4H3. The highest BCUT2D eigenvalue weighted by Gasteiger charge is 2.29. The van der Waals surface area contributed by atoms with Crippen molar-refractivity contribution in [2.75, 3.05) is 33.9 Å². The van der Waals surface area contributed by atoms with E-state index in [1.807, 2.05) is 13.8 Å². The minimum atomic E-state index is -0.169. The molecule has 0 saturated carbocycles. The van der Waals surface area contributed by atoms with Gasteiger partial charge in [0.1, 0.15) is 6.54 Å². The van der Waals surface area contributed by atoms with Gasteiger partial charge in [-0.05, 0) is 32.0 Å². The molecule has 0 aromatic heterocycles. The highest BCUT2D eigenvalue weighted by molar-refractivity contribution is 5.97. The lowest BCUT2D eigenvalue weighted by molar-refractivity contribution is -0.136. The van der Waals surface area contributed by atoms with E-state index in [0.29, 0.717) is 30.2 Å². The van der Waals surface area contributed by atoms with Crippen LogP contribution in [0.3, 0.4) is 0 Å². The molecule has 2 rings (SSSR count). The van der Waals surface area contributed by atoms with Gasteiger partial charge in [0.25, 0.3) is 5.91 Å². The largest absolute Gasteiger partial charge is 0.493 e. The highest BCUT2D eigenvalue weighted by atomic mass is 16.5. The molecule has 6 heteroatoms. The minimum absolute atomic E-state index is 0.0184. The first kappa shape index (κ1) is 16.1. The third-order valence-corrected chi connectivity index (χ3v) is 3.80. The van der Waals surface area contributed by atoms with Gasteiger partial charge < -0.3 is 19.3 Å². The molecule has 1 aliphatic heterocycles. The number of piperazine rings is 1. The molecule has 0 aliphatic carbocycles. The van der Waals surface area contributed by atoms with Gasteiger partial charge in [0.2, 0.25) is 5.91 Å². The van der Waals surface area contributed by atoms with E-state index in [1.165, 1.54) is 7.11 Å². The number of carbonyl (C=O) groups excluding carboxylic acids is 2. The van der Waals surface area contributed by atoms with Gasteiger partial charge in [-0.2, -0.15) is 0 Å². The molecule has 120 valence electrons. The number of hydrogen-bond donors (Lipinski definition) is 0. The van der Waals surface area contributed by atoms with Crippen molar-refractivity contribution in [1.29, 1.82) is 0 Å². The molecule has 0 radical (unpaired) electrons. The molecule has 0 bridgehead atoms. The summed E-state index contributed by atoms with van der Waals surface area (Å²) in [4.78, 5) is 28.0. The van der Waals surface area contributed by atoms with Crippen LogP contribution in [0.25, 0.3) is 0 Å². The van der Waals surface area contributed by atoms with E-state index in [2.05, 4.69) is 0 Å². The Labute approximate surface area is 130 Å². The summed E-state index contributed by atoms with van der Waals surface area (Å²) in [7, 11) is 3.07. The van der Waals surface area contributed by atoms with Crippen molar-refractivity contribution in [2.24, 2.45) is 0 Å². The number of nitrogens with zero attached hydrogens (tertiary/aromatic N) is 2. The Balaban J connectivity index is 2.14. The summed E-state index contributed by atoms with van der Waals surface area (Å²) in [5.41, 5.74) is 0.489. The molecule has 0 N–H and O–H groups in total. The van der Waals surface area contributed by atoms with Crippen LogP contribution in [0, 0.1) is 0 Å². The van der Waals surface area contributed by atoms with E-state index < -0.39 is 0 Å². The summed E-state index contributed by atoms with van der Waals surface area (Å²) in [6.45, 7) is 5.17. The van der Waals surface area contributed by atoms with Crippen molar-refractivity contribution < 1.29 is 19.1 Å². The van der Waals surface area contributed by atoms with Crippen LogP contribution in [-0.4, -0.2) is 61.5 Å². The molecular weight excluding hydrogens is 284 g/mol. The number of amides is 2. The lowest BCUT2D eigenvalue weighted by Gasteiger charge is -2.36. The van der Waals surface area contributed by atoms with Gasteiger partial charge in [-0.15, -0.1) is 0 Å². The quantitative estimate of drug-likeness (QED) is 0.843. The molecule has 1 heterocycles. The van der Waals surface area contributed by atoms with Gasteiger partial charge in [-0.25, -0.2) is 0 Å². The first-order valence-corrected chi connectivity index (χ1v) is 7.28. The van der Waals surface area contributed by atoms with Gasteiger partial charge in [0, 0.05) is 24.7 Å². The summed E-state index contributed by atoms with van der Waals surface area (Å²) in [6.07, 6.45) is 0. The van der Waals surface area contributed by atoms with Crippen molar-refractivity contribution in [3.05, 3.63) is 23.8 Å². The van der Waals surface area contributed by atoms with Crippen molar-refractivity contribution in [2.45, 2.75) is 19.9 Å². The van der Waals surface area contributed by atoms with Gasteiger partial charge in [0.15, 0.2) is 11.5 Å². The molecule has 0 unspecified atom stereocenters. The molecule has 1 fully saturated rings. The first-order valence-electron chi connectivity index (χ1n) is 7.28. The van der Waals surface area contributed by atoms with E-state index in [9.17, 15) is 9.59 Å². The van der Waals surface area contributed by atoms with E-state index in [-0.39, 0.29) is 24.4 Å². The maximum absolute atomic E-state index is 12.5. The molecule has 1 aromatic rings. The fourth-order valence-corrected chi connectivity index (χ4v) is 2.56. The number of methoxy groups -OCH3 is 2. The average Bonchev–Trinajstić information content (AvgIpc) is 2.52. The van der Waals surface area contributed by atoms with E-state index >= 15 is 0 Å². The molecule has 0 atom stereocenters. The van der Waals surface area contributed by atoms with Crippen molar-refractivity contribution in [1.82, 2.24) is 9.80 Å².